The van der Waals surface area contributed by atoms with Gasteiger partial charge in [0.2, 0.25) is 11.8 Å². The number of allylic oxidation sites excluding steroid dienone is 2. The normalized spacial score (nSPS) is 32.3. The van der Waals surface area contributed by atoms with Crippen LogP contribution < -0.4 is 5.32 Å². The number of fused-ring (bicyclic) bond motifs is 1. The number of carbonyl (C=O) groups is 2. The maximum Gasteiger partial charge on any atom is 0.230 e. The van der Waals surface area contributed by atoms with Gasteiger partial charge in [0.25, 0.3) is 0 Å². The van der Waals surface area contributed by atoms with Crippen molar-refractivity contribution >= 4 is 63.2 Å². The molecule has 1 radical (unpaired) electrons. The number of nitrogens with one attached hydrogen (secondary N) is 1. The maximum atomic E-state index is 11.1. The molecule has 1 N–H and O–H groups in total. The van der Waals surface area contributed by atoms with Gasteiger partial charge in [-0.05, 0) is 12.8 Å². The van der Waals surface area contributed by atoms with Gasteiger partial charge >= 0.3 is 0 Å². The molecule has 2 rings (SSSR count). The number of hydrogen-bond donors (Lipinski definition) is 1. The molecule has 0 aromatic carbocycles. The minimum Gasteiger partial charge on any atom is -0.296 e. The van der Waals surface area contributed by atoms with Crippen molar-refractivity contribution in [1.29, 1.82) is 0 Å². The van der Waals surface area contributed by atoms with E-state index in [1.807, 2.05) is 12.2 Å². The molecule has 1 aliphatic heterocycles. The molecule has 1 fully saturated rings. The van der Waals surface area contributed by atoms with E-state index in [2.05, 4.69) is 5.32 Å². The van der Waals surface area contributed by atoms with E-state index in [-0.39, 0.29) is 75.0 Å². The van der Waals surface area contributed by atoms with Crippen LogP contribution in [0.25, 0.3) is 0 Å². The van der Waals surface area contributed by atoms with Crippen molar-refractivity contribution in [3.63, 3.8) is 0 Å². The van der Waals surface area contributed by atoms with E-state index in [1.54, 1.807) is 0 Å². The summed E-state index contributed by atoms with van der Waals surface area (Å²) in [5.41, 5.74) is 0. The minimum atomic E-state index is -0.0932. The maximum absolute atomic E-state index is 11.1. The van der Waals surface area contributed by atoms with E-state index in [0.717, 1.165) is 12.8 Å². The van der Waals surface area contributed by atoms with Crippen LogP contribution in [0.4, 0.5) is 0 Å². The zero-order chi connectivity index (χ0) is 7.84. The predicted octanol–water partition coefficient (Wildman–Crippen LogP) is -0.156. The summed E-state index contributed by atoms with van der Waals surface area (Å²) < 4.78 is 0. The molecule has 1 aliphatic carbocycles. The molecule has 12 heavy (non-hydrogen) atoms. The Hall–Kier alpha value is 0.516. The van der Waals surface area contributed by atoms with Crippen LogP contribution in [0.5, 0.6) is 0 Å². The summed E-state index contributed by atoms with van der Waals surface area (Å²) in [6, 6.07) is 0. The standard InChI is InChI=1S/C8H9NO2.K/c10-7-5-3-1-2-4-6(5)8(11)9-7;/h1-2,5-6H,3-4H2,(H,9,10,11);. The molecule has 59 valence electrons. The van der Waals surface area contributed by atoms with Gasteiger partial charge in [-0.25, -0.2) is 0 Å². The quantitative estimate of drug-likeness (QED) is 0.328. The summed E-state index contributed by atoms with van der Waals surface area (Å²) in [6.45, 7) is 0. The largest absolute Gasteiger partial charge is 0.296 e. The van der Waals surface area contributed by atoms with Gasteiger partial charge in [-0.2, -0.15) is 0 Å². The first-order valence-corrected chi connectivity index (χ1v) is 3.79. The molecule has 2 aliphatic rings. The van der Waals surface area contributed by atoms with Gasteiger partial charge in [0.15, 0.2) is 0 Å². The zero-order valence-corrected chi connectivity index (χ0v) is 10.2. The molecule has 2 atom stereocenters. The summed E-state index contributed by atoms with van der Waals surface area (Å²) in [5, 5.41) is 2.34. The molecule has 2 amide bonds. The summed E-state index contributed by atoms with van der Waals surface area (Å²) in [4.78, 5) is 22.1. The van der Waals surface area contributed by atoms with Crippen LogP contribution in [-0.2, 0) is 9.59 Å². The van der Waals surface area contributed by atoms with E-state index in [1.165, 1.54) is 0 Å². The molecular formula is C8H9KNO2. The SMILES string of the molecule is O=C1NC(=O)C2CC=CCC12.[K]. The number of carbonyl (C=O) groups excluding carboxylic acids is 2. The second kappa shape index (κ2) is 4.15. The van der Waals surface area contributed by atoms with Crippen LogP contribution in [0.15, 0.2) is 12.2 Å². The second-order valence-corrected chi connectivity index (χ2v) is 3.01. The monoisotopic (exact) mass is 190 g/mol. The number of imide groups is 1. The predicted molar refractivity (Wildman–Crippen MR) is 44.3 cm³/mol. The van der Waals surface area contributed by atoms with Crippen molar-refractivity contribution in [1.82, 2.24) is 5.32 Å². The summed E-state index contributed by atoms with van der Waals surface area (Å²) in [5.74, 6) is -0.339. The average Bonchev–Trinajstić information content (AvgIpc) is 2.30. The van der Waals surface area contributed by atoms with Crippen molar-refractivity contribution in [3.8, 4) is 0 Å². The summed E-state index contributed by atoms with van der Waals surface area (Å²) in [6.07, 6.45) is 5.39. The molecule has 0 aromatic rings. The van der Waals surface area contributed by atoms with Crippen molar-refractivity contribution in [3.05, 3.63) is 12.2 Å². The third-order valence-electron chi connectivity index (χ3n) is 2.35. The average molecular weight is 190 g/mol. The molecule has 3 nitrogen and oxygen atoms in total. The van der Waals surface area contributed by atoms with Gasteiger partial charge in [-0.15, -0.1) is 0 Å². The van der Waals surface area contributed by atoms with Gasteiger partial charge in [-0.3, -0.25) is 14.9 Å². The van der Waals surface area contributed by atoms with E-state index in [4.69, 9.17) is 0 Å². The van der Waals surface area contributed by atoms with Gasteiger partial charge in [0.05, 0.1) is 11.8 Å². The topological polar surface area (TPSA) is 46.2 Å². The molecule has 1 heterocycles. The van der Waals surface area contributed by atoms with Gasteiger partial charge in [0.1, 0.15) is 0 Å². The Balaban J connectivity index is 0.000000720. The molecular weight excluding hydrogens is 181 g/mol. The van der Waals surface area contributed by atoms with Gasteiger partial charge < -0.3 is 0 Å². The van der Waals surface area contributed by atoms with Crippen LogP contribution in [0.2, 0.25) is 0 Å². The molecule has 2 unspecified atom stereocenters. The van der Waals surface area contributed by atoms with E-state index >= 15 is 0 Å². The zero-order valence-electron chi connectivity index (χ0n) is 7.04. The van der Waals surface area contributed by atoms with Crippen LogP contribution in [0, 0.1) is 11.8 Å². The Morgan fingerprint density at radius 2 is 1.50 bits per heavy atom. The van der Waals surface area contributed by atoms with E-state index in [0.29, 0.717) is 0 Å². The summed E-state index contributed by atoms with van der Waals surface area (Å²) in [7, 11) is 0. The Kier molecular flexibility index (Phi) is 3.67. The Morgan fingerprint density at radius 1 is 1.08 bits per heavy atom. The van der Waals surface area contributed by atoms with Crippen molar-refractivity contribution in [2.45, 2.75) is 12.8 Å². The minimum absolute atomic E-state index is 0. The Morgan fingerprint density at radius 3 is 1.92 bits per heavy atom. The van der Waals surface area contributed by atoms with Crippen LogP contribution in [0.3, 0.4) is 0 Å². The fourth-order valence-corrected chi connectivity index (χ4v) is 1.70. The van der Waals surface area contributed by atoms with Gasteiger partial charge in [-0.1, -0.05) is 12.2 Å². The first kappa shape index (κ1) is 10.6. The first-order chi connectivity index (χ1) is 5.29. The fourth-order valence-electron chi connectivity index (χ4n) is 1.70. The van der Waals surface area contributed by atoms with Crippen LogP contribution in [-0.4, -0.2) is 63.2 Å². The molecule has 0 spiro atoms. The second-order valence-electron chi connectivity index (χ2n) is 3.01. The van der Waals surface area contributed by atoms with Crippen LogP contribution >= 0.6 is 0 Å². The third kappa shape index (κ3) is 1.72. The molecule has 0 bridgehead atoms. The molecule has 0 saturated carbocycles. The summed E-state index contributed by atoms with van der Waals surface area (Å²) >= 11 is 0. The van der Waals surface area contributed by atoms with Crippen molar-refractivity contribution < 1.29 is 9.59 Å². The Bertz CT molecular complexity index is 225. The molecule has 1 saturated heterocycles. The third-order valence-corrected chi connectivity index (χ3v) is 2.35. The first-order valence-electron chi connectivity index (χ1n) is 3.79. The Labute approximate surface area is 113 Å². The molecule has 4 heteroatoms. The van der Waals surface area contributed by atoms with Crippen LogP contribution in [0.1, 0.15) is 12.8 Å². The number of hydrogen-bond acceptors (Lipinski definition) is 2. The number of rotatable bonds is 0. The van der Waals surface area contributed by atoms with E-state index in [9.17, 15) is 9.59 Å². The van der Waals surface area contributed by atoms with Crippen molar-refractivity contribution in [2.75, 3.05) is 0 Å². The fraction of sp³-hybridized carbons (Fsp3) is 0.500. The smallest absolute Gasteiger partial charge is 0.230 e. The van der Waals surface area contributed by atoms with Gasteiger partial charge in [0, 0.05) is 51.4 Å². The molecule has 0 aromatic heterocycles. The van der Waals surface area contributed by atoms with E-state index < -0.39 is 0 Å². The number of amides is 2. The van der Waals surface area contributed by atoms with Crippen molar-refractivity contribution in [2.24, 2.45) is 11.8 Å².